The number of hydrazone groups is 1. The van der Waals surface area contributed by atoms with Gasteiger partial charge in [0.15, 0.2) is 0 Å². The number of hydrogen-bond donors (Lipinski definition) is 1. The van der Waals surface area contributed by atoms with E-state index in [4.69, 9.17) is 0 Å². The molecule has 0 aliphatic carbocycles. The van der Waals surface area contributed by atoms with Crippen LogP contribution >= 0.6 is 0 Å². The Hall–Kier alpha value is -3.39. The highest BCUT2D eigenvalue weighted by Gasteiger charge is 2.22. The Labute approximate surface area is 195 Å². The zero-order chi connectivity index (χ0) is 24.3. The SMILES string of the molecule is Cc1ccccc1N(CC(=O)N/N=C\c1cc(C)n(-c2c(C)cccc2C)c1C)S(C)(=O)=O. The minimum absolute atomic E-state index is 0.359. The molecule has 3 rings (SSSR count). The first-order valence-corrected chi connectivity index (χ1v) is 12.5. The Bertz CT molecular complexity index is 1300. The van der Waals surface area contributed by atoms with Crippen molar-refractivity contribution in [2.45, 2.75) is 34.6 Å². The summed E-state index contributed by atoms with van der Waals surface area (Å²) in [5.74, 6) is -0.525. The predicted octanol–water partition coefficient (Wildman–Crippen LogP) is 3.94. The zero-order valence-electron chi connectivity index (χ0n) is 19.9. The average Bonchev–Trinajstić information content (AvgIpc) is 3.00. The van der Waals surface area contributed by atoms with Crippen molar-refractivity contribution in [3.05, 3.63) is 82.2 Å². The highest BCUT2D eigenvalue weighted by Crippen LogP contribution is 2.25. The lowest BCUT2D eigenvalue weighted by Gasteiger charge is -2.23. The summed E-state index contributed by atoms with van der Waals surface area (Å²) in [6.45, 7) is 9.64. The van der Waals surface area contributed by atoms with E-state index in [9.17, 15) is 13.2 Å². The van der Waals surface area contributed by atoms with Crippen LogP contribution in [0.2, 0.25) is 0 Å². The molecule has 0 saturated carbocycles. The Balaban J connectivity index is 1.79. The Morgan fingerprint density at radius 2 is 1.61 bits per heavy atom. The van der Waals surface area contributed by atoms with Crippen molar-refractivity contribution in [1.82, 2.24) is 9.99 Å². The molecular weight excluding hydrogens is 436 g/mol. The normalized spacial score (nSPS) is 11.7. The lowest BCUT2D eigenvalue weighted by molar-refractivity contribution is -0.119. The van der Waals surface area contributed by atoms with Gasteiger partial charge in [0, 0.05) is 17.0 Å². The third-order valence-corrected chi connectivity index (χ3v) is 6.72. The first-order chi connectivity index (χ1) is 15.5. The van der Waals surface area contributed by atoms with Crippen LogP contribution in [0.25, 0.3) is 5.69 Å². The van der Waals surface area contributed by atoms with Gasteiger partial charge in [-0.05, 0) is 63.4 Å². The molecule has 0 spiro atoms. The van der Waals surface area contributed by atoms with Gasteiger partial charge < -0.3 is 4.57 Å². The Morgan fingerprint density at radius 1 is 1.00 bits per heavy atom. The van der Waals surface area contributed by atoms with E-state index < -0.39 is 15.9 Å². The number of aryl methyl sites for hydroxylation is 4. The summed E-state index contributed by atoms with van der Waals surface area (Å²) in [5, 5.41) is 4.09. The molecule has 0 radical (unpaired) electrons. The van der Waals surface area contributed by atoms with E-state index in [0.717, 1.165) is 38.8 Å². The van der Waals surface area contributed by atoms with Crippen LogP contribution in [0.4, 0.5) is 5.69 Å². The van der Waals surface area contributed by atoms with Gasteiger partial charge in [-0.25, -0.2) is 13.8 Å². The second-order valence-corrected chi connectivity index (χ2v) is 10.2. The summed E-state index contributed by atoms with van der Waals surface area (Å²) in [6, 6.07) is 15.2. The largest absolute Gasteiger partial charge is 0.317 e. The molecule has 2 aromatic carbocycles. The maximum absolute atomic E-state index is 12.5. The molecule has 0 unspecified atom stereocenters. The van der Waals surface area contributed by atoms with Crippen LogP contribution < -0.4 is 9.73 Å². The summed E-state index contributed by atoms with van der Waals surface area (Å²) in [7, 11) is -3.64. The fraction of sp³-hybridized carbons (Fsp3) is 0.280. The number of hydrogen-bond acceptors (Lipinski definition) is 4. The number of carbonyl (C=O) groups excluding carboxylic acids is 1. The minimum atomic E-state index is -3.64. The van der Waals surface area contributed by atoms with Crippen LogP contribution in [0.5, 0.6) is 0 Å². The van der Waals surface area contributed by atoms with Gasteiger partial charge in [0.2, 0.25) is 10.0 Å². The number of nitrogens with zero attached hydrogens (tertiary/aromatic N) is 3. The van der Waals surface area contributed by atoms with Gasteiger partial charge in [-0.3, -0.25) is 9.10 Å². The molecule has 0 fully saturated rings. The first-order valence-electron chi connectivity index (χ1n) is 10.6. The van der Waals surface area contributed by atoms with Crippen molar-refractivity contribution in [3.63, 3.8) is 0 Å². The number of nitrogens with one attached hydrogen (secondary N) is 1. The third-order valence-electron chi connectivity index (χ3n) is 5.60. The number of benzene rings is 2. The number of sulfonamides is 1. The van der Waals surface area contributed by atoms with E-state index in [1.54, 1.807) is 31.3 Å². The Morgan fingerprint density at radius 3 is 2.21 bits per heavy atom. The van der Waals surface area contributed by atoms with E-state index in [0.29, 0.717) is 5.69 Å². The molecule has 1 amide bonds. The minimum Gasteiger partial charge on any atom is -0.317 e. The quantitative estimate of drug-likeness (QED) is 0.423. The molecule has 0 aliphatic rings. The molecule has 1 heterocycles. The smallest absolute Gasteiger partial charge is 0.260 e. The molecule has 3 aromatic rings. The fourth-order valence-corrected chi connectivity index (χ4v) is 4.90. The van der Waals surface area contributed by atoms with E-state index in [1.165, 1.54) is 11.1 Å². The number of amides is 1. The average molecular weight is 467 g/mol. The van der Waals surface area contributed by atoms with Crippen molar-refractivity contribution >= 4 is 27.8 Å². The molecule has 33 heavy (non-hydrogen) atoms. The van der Waals surface area contributed by atoms with Gasteiger partial charge in [-0.1, -0.05) is 36.4 Å². The van der Waals surface area contributed by atoms with Crippen LogP contribution in [-0.4, -0.2) is 37.9 Å². The molecule has 0 atom stereocenters. The highest BCUT2D eigenvalue weighted by atomic mass is 32.2. The van der Waals surface area contributed by atoms with Gasteiger partial charge in [-0.2, -0.15) is 5.10 Å². The zero-order valence-corrected chi connectivity index (χ0v) is 20.7. The number of carbonyl (C=O) groups is 1. The molecule has 0 saturated heterocycles. The summed E-state index contributed by atoms with van der Waals surface area (Å²) >= 11 is 0. The lowest BCUT2D eigenvalue weighted by atomic mass is 10.1. The molecule has 0 aliphatic heterocycles. The summed E-state index contributed by atoms with van der Waals surface area (Å²) < 4.78 is 27.8. The molecular formula is C25H30N4O3S. The van der Waals surface area contributed by atoms with Crippen molar-refractivity contribution < 1.29 is 13.2 Å². The van der Waals surface area contributed by atoms with Crippen molar-refractivity contribution in [2.24, 2.45) is 5.10 Å². The molecule has 1 N–H and O–H groups in total. The molecule has 1 aromatic heterocycles. The molecule has 8 heteroatoms. The number of anilines is 1. The fourth-order valence-electron chi connectivity index (χ4n) is 3.98. The van der Waals surface area contributed by atoms with E-state index >= 15 is 0 Å². The highest BCUT2D eigenvalue weighted by molar-refractivity contribution is 7.92. The molecule has 7 nitrogen and oxygen atoms in total. The number of aromatic nitrogens is 1. The maximum Gasteiger partial charge on any atom is 0.260 e. The van der Waals surface area contributed by atoms with Gasteiger partial charge in [0.05, 0.1) is 23.8 Å². The lowest BCUT2D eigenvalue weighted by Crippen LogP contribution is -2.39. The molecule has 174 valence electrons. The topological polar surface area (TPSA) is 83.8 Å². The standard InChI is InChI=1S/C25H30N4O3S/c1-17-10-7-8-13-23(17)28(33(6,31)32)16-24(30)27-26-15-22-14-20(4)29(21(22)5)25-18(2)11-9-12-19(25)3/h7-15H,16H2,1-6H3,(H,27,30)/b26-15-. The van der Waals surface area contributed by atoms with Crippen LogP contribution in [0, 0.1) is 34.6 Å². The van der Waals surface area contributed by atoms with Gasteiger partial charge in [-0.15, -0.1) is 0 Å². The third kappa shape index (κ3) is 5.34. The summed E-state index contributed by atoms with van der Waals surface area (Å²) in [6.07, 6.45) is 2.67. The van der Waals surface area contributed by atoms with Crippen molar-refractivity contribution in [2.75, 3.05) is 17.1 Å². The monoisotopic (exact) mass is 466 g/mol. The maximum atomic E-state index is 12.5. The summed E-state index contributed by atoms with van der Waals surface area (Å²) in [5.41, 5.74) is 10.1. The number of rotatable bonds is 7. The van der Waals surface area contributed by atoms with Gasteiger partial charge in [0.1, 0.15) is 6.54 Å². The molecule has 0 bridgehead atoms. The van der Waals surface area contributed by atoms with E-state index in [2.05, 4.69) is 41.1 Å². The summed E-state index contributed by atoms with van der Waals surface area (Å²) in [4.78, 5) is 12.5. The second kappa shape index (κ2) is 9.62. The van der Waals surface area contributed by atoms with Crippen LogP contribution in [0.1, 0.15) is 33.6 Å². The van der Waals surface area contributed by atoms with E-state index in [1.807, 2.05) is 32.0 Å². The predicted molar refractivity (Wildman–Crippen MR) is 134 cm³/mol. The van der Waals surface area contributed by atoms with E-state index in [-0.39, 0.29) is 6.54 Å². The van der Waals surface area contributed by atoms with Crippen molar-refractivity contribution in [3.8, 4) is 5.69 Å². The second-order valence-electron chi connectivity index (χ2n) is 8.25. The van der Waals surface area contributed by atoms with Gasteiger partial charge >= 0.3 is 0 Å². The van der Waals surface area contributed by atoms with Crippen molar-refractivity contribution in [1.29, 1.82) is 0 Å². The van der Waals surface area contributed by atoms with Crippen LogP contribution in [-0.2, 0) is 14.8 Å². The number of para-hydroxylation sites is 2. The Kier molecular flexibility index (Phi) is 7.07. The van der Waals surface area contributed by atoms with Crippen LogP contribution in [0.15, 0.2) is 53.6 Å². The van der Waals surface area contributed by atoms with Crippen LogP contribution in [0.3, 0.4) is 0 Å². The van der Waals surface area contributed by atoms with Gasteiger partial charge in [0.25, 0.3) is 5.91 Å². The first kappa shape index (κ1) is 24.3.